The van der Waals surface area contributed by atoms with Gasteiger partial charge >= 0.3 is 11.9 Å². The number of thiophene rings is 4. The molecule has 0 atom stereocenters. The number of anilines is 6. The molecule has 0 saturated carbocycles. The fourth-order valence-electron chi connectivity index (χ4n) is 10.8. The molecule has 12 aromatic rings. The number of carbonyl (C=O) groups is 2. The van der Waals surface area contributed by atoms with Crippen molar-refractivity contribution in [3.05, 3.63) is 313 Å². The predicted molar refractivity (Wildman–Crippen MR) is 431 cm³/mol. The number of hydrogen-bond acceptors (Lipinski definition) is 10. The van der Waals surface area contributed by atoms with Gasteiger partial charge in [-0.25, -0.2) is 0 Å². The maximum atomic E-state index is 11.7. The van der Waals surface area contributed by atoms with Crippen molar-refractivity contribution in [2.75, 3.05) is 24.0 Å². The summed E-state index contributed by atoms with van der Waals surface area (Å²) in [6, 6.07) is 81.3. The van der Waals surface area contributed by atoms with Crippen molar-refractivity contribution in [2.45, 2.75) is 53.4 Å². The molecule has 12 rings (SSSR count). The first kappa shape index (κ1) is 68.9. The summed E-state index contributed by atoms with van der Waals surface area (Å²) in [4.78, 5) is 38.2. The van der Waals surface area contributed by atoms with Crippen molar-refractivity contribution in [3.8, 4) is 19.5 Å². The zero-order chi connectivity index (χ0) is 66.9. The molecule has 0 aliphatic heterocycles. The van der Waals surface area contributed by atoms with Gasteiger partial charge in [0.1, 0.15) is 0 Å². The predicted octanol–water partition coefficient (Wildman–Crippen LogP) is 25.2. The third kappa shape index (κ3) is 18.5. The number of methoxy groups -OCH3 is 2. The highest BCUT2D eigenvalue weighted by Gasteiger charge is 2.17. The number of nitrogens with zero attached hydrogens (tertiary/aromatic N) is 2. The van der Waals surface area contributed by atoms with Crippen LogP contribution < -0.4 is 9.80 Å². The lowest BCUT2D eigenvalue weighted by Gasteiger charge is -2.25. The summed E-state index contributed by atoms with van der Waals surface area (Å²) in [6.45, 7) is 8.78. The summed E-state index contributed by atoms with van der Waals surface area (Å²) in [5.41, 5.74) is 18.5. The van der Waals surface area contributed by atoms with Crippen LogP contribution in [0.15, 0.2) is 231 Å². The minimum Gasteiger partial charge on any atom is -0.469 e. The maximum Gasteiger partial charge on any atom is 0.305 e. The molecule has 0 unspecified atom stereocenters. The number of esters is 2. The molecule has 0 fully saturated rings. The van der Waals surface area contributed by atoms with Crippen LogP contribution in [0.2, 0.25) is 0 Å². The number of hydrogen-bond donors (Lipinski definition) is 0. The Balaban J connectivity index is 0.000000259. The van der Waals surface area contributed by atoms with Crippen LogP contribution in [0.5, 0.6) is 0 Å². The smallest absolute Gasteiger partial charge is 0.305 e. The molecule has 0 spiro atoms. The molecule has 480 valence electrons. The molecule has 12 heteroatoms. The van der Waals surface area contributed by atoms with Gasteiger partial charge in [0.15, 0.2) is 0 Å². The Hall–Kier alpha value is -8.48. The molecule has 0 bridgehead atoms. The third-order valence-corrected chi connectivity index (χ3v) is 22.8. The standard InChI is InChI=1S/C58H52N2O4S2.C26H20I2S2/c1-41-39-55(65-53(41)35-23-43-15-27-49(28-16-43)59(47-11-7-5-8-12-47)51-31-19-45(20-32-51)25-37-57(61)63-3)56-40-42(2)54(66-56)36-24-44-17-29-50(30-18-44)60(48-13-9-6-10-14-48)52-33-21-46(22-34-52)26-38-58(62)64-4;1-17-15-25(29-23(17)13-7-19-3-9-21(27)10-4-19)26-16-18(2)24(30-26)14-8-20-5-11-22(28)12-6-20/h5-24,27-36,39-40H,25-26,37-38H2,1-4H3;3-16H,1-2H3/b35-23+,36-24+;13-7+,14-8+. The van der Waals surface area contributed by atoms with Crippen molar-refractivity contribution in [3.63, 3.8) is 0 Å². The number of carbonyl (C=O) groups excluding carboxylic acids is 2. The van der Waals surface area contributed by atoms with Crippen LogP contribution in [-0.2, 0) is 31.9 Å². The summed E-state index contributed by atoms with van der Waals surface area (Å²) < 4.78 is 12.2. The Bertz CT molecular complexity index is 4380. The van der Waals surface area contributed by atoms with Crippen LogP contribution in [0.1, 0.15) is 88.0 Å². The molecular formula is C84H72I2N2O4S4. The quantitative estimate of drug-likeness (QED) is 0.0498. The Morgan fingerprint density at radius 3 is 0.833 bits per heavy atom. The Morgan fingerprint density at radius 1 is 0.333 bits per heavy atom. The van der Waals surface area contributed by atoms with Gasteiger partial charge in [0.2, 0.25) is 0 Å². The minimum atomic E-state index is -0.201. The Labute approximate surface area is 608 Å². The number of rotatable bonds is 22. The van der Waals surface area contributed by atoms with E-state index >= 15 is 0 Å². The van der Waals surface area contributed by atoms with Crippen molar-refractivity contribution in [1.29, 1.82) is 0 Å². The monoisotopic (exact) mass is 1550 g/mol. The van der Waals surface area contributed by atoms with Gasteiger partial charge in [-0.15, -0.1) is 45.3 Å². The third-order valence-electron chi connectivity index (χ3n) is 16.2. The summed E-state index contributed by atoms with van der Waals surface area (Å²) in [5, 5.41) is 0. The number of halogens is 2. The zero-order valence-electron chi connectivity index (χ0n) is 54.3. The number of ether oxygens (including phenoxy) is 2. The highest BCUT2D eigenvalue weighted by Crippen LogP contribution is 2.42. The highest BCUT2D eigenvalue weighted by molar-refractivity contribution is 14.1. The van der Waals surface area contributed by atoms with Crippen LogP contribution in [0.4, 0.5) is 34.1 Å². The topological polar surface area (TPSA) is 59.1 Å². The Kier molecular flexibility index (Phi) is 24.0. The van der Waals surface area contributed by atoms with E-state index in [0.717, 1.165) is 56.4 Å². The van der Waals surface area contributed by atoms with E-state index < -0.39 is 0 Å². The average molecular weight is 1560 g/mol. The second-order valence-corrected chi connectivity index (χ2v) is 29.9. The van der Waals surface area contributed by atoms with Crippen LogP contribution in [0.3, 0.4) is 0 Å². The number of para-hydroxylation sites is 2. The van der Waals surface area contributed by atoms with Gasteiger partial charge in [0, 0.05) is 93.1 Å². The van der Waals surface area contributed by atoms with Gasteiger partial charge in [0.25, 0.3) is 0 Å². The largest absolute Gasteiger partial charge is 0.469 e. The van der Waals surface area contributed by atoms with Gasteiger partial charge < -0.3 is 19.3 Å². The first-order valence-electron chi connectivity index (χ1n) is 31.6. The SMILES string of the molecule is COC(=O)CCc1ccc(N(c2ccccc2)c2ccc(/C=C/c3sc(-c4cc(C)c(/C=C/c5ccc(N(c6ccccc6)c6ccc(CCC(=O)OC)cc6)cc5)s4)cc3C)cc2)cc1.Cc1cc(-c2cc(C)c(/C=C/c3ccc(I)cc3)s2)sc1/C=C/c1ccc(I)cc1. The normalized spacial score (nSPS) is 11.4. The maximum absolute atomic E-state index is 11.7. The van der Waals surface area contributed by atoms with E-state index in [1.54, 1.807) is 0 Å². The Morgan fingerprint density at radius 2 is 0.573 bits per heavy atom. The lowest BCUT2D eigenvalue weighted by atomic mass is 10.1. The van der Waals surface area contributed by atoms with E-state index in [0.29, 0.717) is 25.7 Å². The summed E-state index contributed by atoms with van der Waals surface area (Å²) in [5.74, 6) is -0.402. The number of benzene rings is 8. The lowest BCUT2D eigenvalue weighted by Crippen LogP contribution is -2.10. The van der Waals surface area contributed by atoms with Gasteiger partial charge in [-0.05, 0) is 287 Å². The van der Waals surface area contributed by atoms with E-state index in [2.05, 4.69) is 350 Å². The average Bonchev–Trinajstić information content (AvgIpc) is 1.34. The minimum absolute atomic E-state index is 0.201. The molecule has 0 radical (unpaired) electrons. The van der Waals surface area contributed by atoms with Crippen LogP contribution in [0.25, 0.3) is 68.1 Å². The summed E-state index contributed by atoms with van der Waals surface area (Å²) in [6.07, 6.45) is 19.7. The molecule has 4 heterocycles. The van der Waals surface area contributed by atoms with Crippen LogP contribution >= 0.6 is 90.5 Å². The van der Waals surface area contributed by atoms with Gasteiger partial charge in [0.05, 0.1) is 14.2 Å². The van der Waals surface area contributed by atoms with E-state index in [1.165, 1.54) is 93.8 Å². The van der Waals surface area contributed by atoms with Gasteiger partial charge in [-0.1, -0.05) is 133 Å². The zero-order valence-corrected chi connectivity index (χ0v) is 61.9. The lowest BCUT2D eigenvalue weighted by molar-refractivity contribution is -0.141. The van der Waals surface area contributed by atoms with E-state index in [9.17, 15) is 9.59 Å². The summed E-state index contributed by atoms with van der Waals surface area (Å²) >= 11 is 12.1. The first-order valence-corrected chi connectivity index (χ1v) is 37.0. The first-order chi connectivity index (χ1) is 46.7. The highest BCUT2D eigenvalue weighted by atomic mass is 127. The van der Waals surface area contributed by atoms with Crippen LogP contribution in [-0.4, -0.2) is 26.2 Å². The fourth-order valence-corrected chi connectivity index (χ4v) is 16.0. The number of aryl methyl sites for hydroxylation is 6. The molecule has 4 aromatic heterocycles. The van der Waals surface area contributed by atoms with E-state index in [-0.39, 0.29) is 11.9 Å². The van der Waals surface area contributed by atoms with Crippen molar-refractivity contribution >= 4 is 185 Å². The van der Waals surface area contributed by atoms with E-state index in [4.69, 9.17) is 9.47 Å². The van der Waals surface area contributed by atoms with Crippen molar-refractivity contribution in [2.24, 2.45) is 0 Å². The summed E-state index contributed by atoms with van der Waals surface area (Å²) in [7, 11) is 2.85. The molecular weight excluding hydrogens is 1480 g/mol. The second-order valence-electron chi connectivity index (χ2n) is 23.1. The van der Waals surface area contributed by atoms with Crippen molar-refractivity contribution < 1.29 is 19.1 Å². The molecule has 0 aliphatic carbocycles. The van der Waals surface area contributed by atoms with Crippen LogP contribution in [0, 0.1) is 34.8 Å². The van der Waals surface area contributed by atoms with Gasteiger partial charge in [-0.2, -0.15) is 0 Å². The second kappa shape index (κ2) is 33.5. The molecule has 0 aliphatic rings. The fraction of sp³-hybridized carbons (Fsp3) is 0.119. The molecule has 0 amide bonds. The molecule has 6 nitrogen and oxygen atoms in total. The molecule has 0 saturated heterocycles. The molecule has 0 N–H and O–H groups in total. The molecule has 8 aromatic carbocycles. The molecule has 96 heavy (non-hydrogen) atoms. The van der Waals surface area contributed by atoms with Crippen molar-refractivity contribution in [1.82, 2.24) is 0 Å². The van der Waals surface area contributed by atoms with Gasteiger partial charge in [-0.3, -0.25) is 9.59 Å². The van der Waals surface area contributed by atoms with E-state index in [1.807, 2.05) is 57.5 Å².